The number of amides is 1. The molecule has 0 atom stereocenters. The van der Waals surface area contributed by atoms with Crippen molar-refractivity contribution >= 4 is 30.0 Å². The number of nitrogens with zero attached hydrogens (tertiary/aromatic N) is 2. The highest BCUT2D eigenvalue weighted by Crippen LogP contribution is 2.27. The molecule has 0 aliphatic carbocycles. The third kappa shape index (κ3) is 7.16. The lowest BCUT2D eigenvalue weighted by Crippen LogP contribution is -2.16. The number of anilines is 1. The van der Waals surface area contributed by atoms with Crippen LogP contribution in [0.5, 0.6) is 0 Å². The van der Waals surface area contributed by atoms with Crippen LogP contribution in [0.3, 0.4) is 0 Å². The van der Waals surface area contributed by atoms with Gasteiger partial charge in [0.2, 0.25) is 0 Å². The molecule has 0 aliphatic heterocycles. The van der Waals surface area contributed by atoms with Gasteiger partial charge in [0.25, 0.3) is 5.91 Å². The average Bonchev–Trinajstić information content (AvgIpc) is 2.67. The molecule has 1 rings (SSSR count). The van der Waals surface area contributed by atoms with Gasteiger partial charge in [-0.25, -0.2) is 4.79 Å². The van der Waals surface area contributed by atoms with Crippen molar-refractivity contribution in [3.8, 4) is 0 Å². The monoisotopic (exact) mass is 397 g/mol. The number of aliphatic imine (C=N–C) groups is 1. The third-order valence-electron chi connectivity index (χ3n) is 4.22. The molecule has 0 heterocycles. The molecule has 1 N–H and O–H groups in total. The van der Waals surface area contributed by atoms with E-state index in [2.05, 4.69) is 17.0 Å². The molecule has 0 saturated carbocycles. The summed E-state index contributed by atoms with van der Waals surface area (Å²) in [6.45, 7) is 11.7. The van der Waals surface area contributed by atoms with E-state index >= 15 is 0 Å². The molecule has 0 fully saturated rings. The van der Waals surface area contributed by atoms with Crippen molar-refractivity contribution in [1.29, 1.82) is 0 Å². The summed E-state index contributed by atoms with van der Waals surface area (Å²) in [6.07, 6.45) is 3.57. The van der Waals surface area contributed by atoms with E-state index in [0.29, 0.717) is 41.3 Å². The Balaban J connectivity index is 3.19. The van der Waals surface area contributed by atoms with Crippen molar-refractivity contribution in [2.45, 2.75) is 27.7 Å². The van der Waals surface area contributed by atoms with E-state index in [-0.39, 0.29) is 5.91 Å². The molecular weight excluding hydrogens is 366 g/mol. The van der Waals surface area contributed by atoms with Gasteiger partial charge in [-0.2, -0.15) is 0 Å². The fourth-order valence-electron chi connectivity index (χ4n) is 2.64. The zero-order valence-electron chi connectivity index (χ0n) is 18.2. The Morgan fingerprint density at radius 3 is 2.52 bits per heavy atom. The van der Waals surface area contributed by atoms with Gasteiger partial charge in [0, 0.05) is 23.4 Å². The molecule has 0 spiro atoms. The zero-order valence-corrected chi connectivity index (χ0v) is 18.2. The van der Waals surface area contributed by atoms with Crippen molar-refractivity contribution in [2.24, 2.45) is 4.99 Å². The first kappa shape index (κ1) is 24.0. The summed E-state index contributed by atoms with van der Waals surface area (Å²) in [5.41, 5.74) is 3.67. The number of allylic oxidation sites excluding steroid dienone is 1. The Morgan fingerprint density at radius 1 is 1.28 bits per heavy atom. The number of carbonyl (C=O) groups is 2. The van der Waals surface area contributed by atoms with Gasteiger partial charge in [0.1, 0.15) is 0 Å². The van der Waals surface area contributed by atoms with Crippen molar-refractivity contribution in [3.05, 3.63) is 58.7 Å². The summed E-state index contributed by atoms with van der Waals surface area (Å²) in [5.74, 6) is -0.571. The average molecular weight is 398 g/mol. The van der Waals surface area contributed by atoms with Crippen molar-refractivity contribution in [2.75, 3.05) is 32.6 Å². The Labute approximate surface area is 173 Å². The van der Waals surface area contributed by atoms with Gasteiger partial charge < -0.3 is 15.0 Å². The van der Waals surface area contributed by atoms with Gasteiger partial charge in [-0.05, 0) is 66.2 Å². The van der Waals surface area contributed by atoms with Gasteiger partial charge in [0.05, 0.1) is 17.9 Å². The molecule has 29 heavy (non-hydrogen) atoms. The first-order valence-corrected chi connectivity index (χ1v) is 9.49. The van der Waals surface area contributed by atoms with Crippen molar-refractivity contribution < 1.29 is 14.3 Å². The van der Waals surface area contributed by atoms with Crippen LogP contribution in [0.1, 0.15) is 33.3 Å². The van der Waals surface area contributed by atoms with Crippen LogP contribution in [0.4, 0.5) is 5.69 Å². The first-order valence-electron chi connectivity index (χ1n) is 9.49. The van der Waals surface area contributed by atoms with Crippen LogP contribution in [0.25, 0.3) is 5.70 Å². The maximum Gasteiger partial charge on any atom is 0.338 e. The summed E-state index contributed by atoms with van der Waals surface area (Å²) in [4.78, 5) is 30.7. The first-order chi connectivity index (χ1) is 13.7. The number of carbonyl (C=O) groups excluding carboxylic acids is 2. The molecule has 1 aromatic rings. The van der Waals surface area contributed by atoms with Crippen LogP contribution in [0.2, 0.25) is 0 Å². The number of esters is 1. The highest BCUT2D eigenvalue weighted by molar-refractivity contribution is 6.03. The summed E-state index contributed by atoms with van der Waals surface area (Å²) >= 11 is 0. The SMILES string of the molecule is C=NC(=C(C)C(=CC)C(=O)OCC)c1cccc(NC(=O)C(C)=CCN(C)C)c1. The molecule has 0 aliphatic rings. The number of rotatable bonds is 9. The van der Waals surface area contributed by atoms with E-state index in [1.165, 1.54) is 0 Å². The lowest BCUT2D eigenvalue weighted by Gasteiger charge is -2.13. The highest BCUT2D eigenvalue weighted by Gasteiger charge is 2.16. The molecule has 156 valence electrons. The van der Waals surface area contributed by atoms with E-state index in [0.717, 1.165) is 5.56 Å². The molecule has 6 heteroatoms. The predicted octanol–water partition coefficient (Wildman–Crippen LogP) is 4.07. The van der Waals surface area contributed by atoms with Crippen molar-refractivity contribution in [3.63, 3.8) is 0 Å². The quantitative estimate of drug-likeness (QED) is 0.295. The second-order valence-corrected chi connectivity index (χ2v) is 6.74. The topological polar surface area (TPSA) is 71.0 Å². The second-order valence-electron chi connectivity index (χ2n) is 6.74. The fraction of sp³-hybridized carbons (Fsp3) is 0.348. The van der Waals surface area contributed by atoms with Crippen LogP contribution < -0.4 is 5.32 Å². The van der Waals surface area contributed by atoms with Crippen LogP contribution in [-0.2, 0) is 14.3 Å². The van der Waals surface area contributed by atoms with Crippen LogP contribution in [-0.4, -0.2) is 50.7 Å². The summed E-state index contributed by atoms with van der Waals surface area (Å²) in [5, 5.41) is 2.89. The van der Waals surface area contributed by atoms with E-state index in [1.54, 1.807) is 39.8 Å². The van der Waals surface area contributed by atoms with Gasteiger partial charge in [-0.15, -0.1) is 0 Å². The lowest BCUT2D eigenvalue weighted by atomic mass is 10.0. The molecule has 1 amide bonds. The minimum absolute atomic E-state index is 0.168. The number of hydrogen-bond donors (Lipinski definition) is 1. The molecule has 0 bridgehead atoms. The Hall–Kier alpha value is -2.99. The minimum atomic E-state index is -0.403. The molecule has 0 radical (unpaired) electrons. The number of likely N-dealkylation sites (N-methyl/N-ethyl adjacent to an activating group) is 1. The Kier molecular flexibility index (Phi) is 9.75. The molecule has 1 aromatic carbocycles. The Morgan fingerprint density at radius 2 is 1.97 bits per heavy atom. The van der Waals surface area contributed by atoms with Crippen LogP contribution in [0.15, 0.2) is 58.1 Å². The molecule has 0 aromatic heterocycles. The standard InChI is InChI=1S/C23H31N3O3/c1-8-20(23(28)29-9-2)17(4)21(24-5)18-11-10-12-19(15-18)25-22(27)16(3)13-14-26(6)7/h8,10-13,15H,5,9,14H2,1-4,6-7H3,(H,25,27). The van der Waals surface area contributed by atoms with Crippen molar-refractivity contribution in [1.82, 2.24) is 4.90 Å². The van der Waals surface area contributed by atoms with E-state index in [9.17, 15) is 9.59 Å². The van der Waals surface area contributed by atoms with Gasteiger partial charge >= 0.3 is 5.97 Å². The molecule has 0 saturated heterocycles. The molecular formula is C23H31N3O3. The van der Waals surface area contributed by atoms with E-state index < -0.39 is 5.97 Å². The lowest BCUT2D eigenvalue weighted by molar-refractivity contribution is -0.138. The summed E-state index contributed by atoms with van der Waals surface area (Å²) in [6, 6.07) is 7.29. The number of hydrogen-bond acceptors (Lipinski definition) is 5. The summed E-state index contributed by atoms with van der Waals surface area (Å²) < 4.78 is 5.12. The van der Waals surface area contributed by atoms with Gasteiger partial charge in [-0.1, -0.05) is 24.3 Å². The van der Waals surface area contributed by atoms with Crippen LogP contribution in [0, 0.1) is 0 Å². The largest absolute Gasteiger partial charge is 0.462 e. The Bertz CT molecular complexity index is 849. The van der Waals surface area contributed by atoms with Gasteiger partial charge in [0.15, 0.2) is 0 Å². The normalized spacial score (nSPS) is 13.1. The van der Waals surface area contributed by atoms with E-state index in [4.69, 9.17) is 4.74 Å². The number of ether oxygens (including phenoxy) is 1. The molecule has 0 unspecified atom stereocenters. The zero-order chi connectivity index (χ0) is 22.0. The molecule has 6 nitrogen and oxygen atoms in total. The fourth-order valence-corrected chi connectivity index (χ4v) is 2.64. The maximum atomic E-state index is 12.4. The number of benzene rings is 1. The third-order valence-corrected chi connectivity index (χ3v) is 4.22. The highest BCUT2D eigenvalue weighted by atomic mass is 16.5. The summed E-state index contributed by atoms with van der Waals surface area (Å²) in [7, 11) is 3.89. The van der Waals surface area contributed by atoms with Crippen LogP contribution >= 0.6 is 0 Å². The maximum absolute atomic E-state index is 12.4. The van der Waals surface area contributed by atoms with Gasteiger partial charge in [-0.3, -0.25) is 9.79 Å². The van der Waals surface area contributed by atoms with E-state index in [1.807, 2.05) is 43.3 Å². The predicted molar refractivity (Wildman–Crippen MR) is 120 cm³/mol. The second kappa shape index (κ2) is 11.8. The minimum Gasteiger partial charge on any atom is -0.462 e. The smallest absolute Gasteiger partial charge is 0.338 e. The number of nitrogens with one attached hydrogen (secondary N) is 1.